The van der Waals surface area contributed by atoms with E-state index >= 15 is 0 Å². The van der Waals surface area contributed by atoms with Gasteiger partial charge in [-0.1, -0.05) is 11.6 Å². The van der Waals surface area contributed by atoms with Gasteiger partial charge in [0.15, 0.2) is 0 Å². The van der Waals surface area contributed by atoms with Gasteiger partial charge < -0.3 is 20.3 Å². The zero-order chi connectivity index (χ0) is 19.6. The normalized spacial score (nSPS) is 16.6. The number of benzene rings is 2. The van der Waals surface area contributed by atoms with Gasteiger partial charge in [-0.25, -0.2) is 0 Å². The van der Waals surface area contributed by atoms with Crippen molar-refractivity contribution in [1.82, 2.24) is 0 Å². The highest BCUT2D eigenvalue weighted by Crippen LogP contribution is 2.43. The smallest absolute Gasteiger partial charge is 0.259 e. The van der Waals surface area contributed by atoms with Crippen LogP contribution in [0.5, 0.6) is 17.2 Å². The predicted molar refractivity (Wildman–Crippen MR) is 106 cm³/mol. The van der Waals surface area contributed by atoms with Crippen molar-refractivity contribution in [2.24, 2.45) is 0 Å². The third-order valence-electron chi connectivity index (χ3n) is 5.03. The van der Waals surface area contributed by atoms with Crippen LogP contribution < -0.4 is 10.1 Å². The first-order valence-electron chi connectivity index (χ1n) is 9.08. The number of phenols is 2. The molecule has 0 aliphatic heterocycles. The number of aryl methyl sites for hydroxylation is 1. The summed E-state index contributed by atoms with van der Waals surface area (Å²) >= 11 is 0. The van der Waals surface area contributed by atoms with Crippen molar-refractivity contribution in [3.8, 4) is 17.2 Å². The molecule has 0 heterocycles. The lowest BCUT2D eigenvalue weighted by atomic mass is 9.83. The van der Waals surface area contributed by atoms with Crippen LogP contribution in [-0.4, -0.2) is 23.2 Å². The minimum atomic E-state index is -0.409. The van der Waals surface area contributed by atoms with Crippen LogP contribution in [0.2, 0.25) is 0 Å². The zero-order valence-electron chi connectivity index (χ0n) is 15.9. The Morgan fingerprint density at radius 1 is 1.19 bits per heavy atom. The maximum absolute atomic E-state index is 12.8. The van der Waals surface area contributed by atoms with Crippen molar-refractivity contribution in [2.45, 2.75) is 39.0 Å². The van der Waals surface area contributed by atoms with E-state index < -0.39 is 5.91 Å². The average Bonchev–Trinajstić information content (AvgIpc) is 2.62. The molecule has 1 atom stereocenters. The molecule has 0 saturated carbocycles. The summed E-state index contributed by atoms with van der Waals surface area (Å²) in [5.41, 5.74) is 2.98. The van der Waals surface area contributed by atoms with Crippen molar-refractivity contribution in [3.63, 3.8) is 0 Å². The van der Waals surface area contributed by atoms with Crippen molar-refractivity contribution in [2.75, 3.05) is 12.4 Å². The lowest BCUT2D eigenvalue weighted by Crippen LogP contribution is -2.15. The van der Waals surface area contributed by atoms with Gasteiger partial charge in [-0.3, -0.25) is 4.79 Å². The Kier molecular flexibility index (Phi) is 5.40. The average molecular weight is 367 g/mol. The molecule has 0 fully saturated rings. The van der Waals surface area contributed by atoms with E-state index in [0.717, 1.165) is 19.3 Å². The standard InChI is InChI=1S/C22H25NO4/c1-13-5-4-6-15(11-13)20-18(24)12-14(2)19(21(20)25)22(26)23-16-7-9-17(27-3)10-8-16/h7-12,15,24-25H,4-6H2,1-3H3,(H,23,26). The van der Waals surface area contributed by atoms with Crippen molar-refractivity contribution < 1.29 is 19.7 Å². The first kappa shape index (κ1) is 18.8. The van der Waals surface area contributed by atoms with Gasteiger partial charge >= 0.3 is 0 Å². The maximum Gasteiger partial charge on any atom is 0.259 e. The number of allylic oxidation sites excluding steroid dienone is 2. The minimum absolute atomic E-state index is 0.0296. The van der Waals surface area contributed by atoms with E-state index in [0.29, 0.717) is 22.6 Å². The third kappa shape index (κ3) is 3.92. The number of amides is 1. The fourth-order valence-electron chi connectivity index (χ4n) is 3.66. The van der Waals surface area contributed by atoms with Crippen LogP contribution in [0.25, 0.3) is 0 Å². The largest absolute Gasteiger partial charge is 0.507 e. The van der Waals surface area contributed by atoms with Gasteiger partial charge in [0.2, 0.25) is 0 Å². The van der Waals surface area contributed by atoms with E-state index in [4.69, 9.17) is 4.74 Å². The maximum atomic E-state index is 12.8. The van der Waals surface area contributed by atoms with Gasteiger partial charge in [-0.05, 0) is 69.0 Å². The van der Waals surface area contributed by atoms with Gasteiger partial charge in [0.1, 0.15) is 17.2 Å². The second kappa shape index (κ2) is 7.74. The molecule has 5 nitrogen and oxygen atoms in total. The quantitative estimate of drug-likeness (QED) is 0.673. The number of carbonyl (C=O) groups is 1. The summed E-state index contributed by atoms with van der Waals surface area (Å²) in [6.07, 6.45) is 4.92. The molecular formula is C22H25NO4. The first-order chi connectivity index (χ1) is 12.9. The number of hydrogen-bond acceptors (Lipinski definition) is 4. The number of rotatable bonds is 4. The lowest BCUT2D eigenvalue weighted by Gasteiger charge is -2.23. The van der Waals surface area contributed by atoms with Crippen LogP contribution in [0.15, 0.2) is 42.0 Å². The van der Waals surface area contributed by atoms with E-state index in [2.05, 4.69) is 11.4 Å². The molecule has 0 spiro atoms. The molecule has 0 bridgehead atoms. The Labute approximate surface area is 159 Å². The molecule has 142 valence electrons. The summed E-state index contributed by atoms with van der Waals surface area (Å²) in [6, 6.07) is 8.52. The third-order valence-corrected chi connectivity index (χ3v) is 5.03. The number of hydrogen-bond donors (Lipinski definition) is 3. The second-order valence-corrected chi connectivity index (χ2v) is 7.04. The summed E-state index contributed by atoms with van der Waals surface area (Å²) in [6.45, 7) is 3.75. The molecule has 1 aliphatic rings. The Morgan fingerprint density at radius 2 is 1.89 bits per heavy atom. The molecule has 1 aliphatic carbocycles. The summed E-state index contributed by atoms with van der Waals surface area (Å²) in [4.78, 5) is 12.8. The molecule has 0 saturated heterocycles. The highest BCUT2D eigenvalue weighted by Gasteiger charge is 2.26. The molecule has 0 aromatic heterocycles. The van der Waals surface area contributed by atoms with Gasteiger partial charge in [0.25, 0.3) is 5.91 Å². The SMILES string of the molecule is COc1ccc(NC(=O)c2c(C)cc(O)c(C3C=C(C)CCC3)c2O)cc1. The fraction of sp³-hybridized carbons (Fsp3) is 0.318. The topological polar surface area (TPSA) is 78.8 Å². The number of phenolic OH excluding ortho intramolecular Hbond substituents is 2. The number of carbonyl (C=O) groups excluding carboxylic acids is 1. The Morgan fingerprint density at radius 3 is 2.52 bits per heavy atom. The highest BCUT2D eigenvalue weighted by molar-refractivity contribution is 6.07. The second-order valence-electron chi connectivity index (χ2n) is 7.04. The van der Waals surface area contributed by atoms with Crippen LogP contribution in [0.1, 0.15) is 53.6 Å². The number of aromatic hydroxyl groups is 2. The lowest BCUT2D eigenvalue weighted by molar-refractivity contribution is 0.102. The summed E-state index contributed by atoms with van der Waals surface area (Å²) < 4.78 is 5.12. The van der Waals surface area contributed by atoms with Crippen LogP contribution in [0, 0.1) is 6.92 Å². The van der Waals surface area contributed by atoms with Crippen LogP contribution in [0.3, 0.4) is 0 Å². The van der Waals surface area contributed by atoms with Crippen LogP contribution in [0.4, 0.5) is 5.69 Å². The number of methoxy groups -OCH3 is 1. The van der Waals surface area contributed by atoms with Gasteiger partial charge in [-0.15, -0.1) is 0 Å². The van der Waals surface area contributed by atoms with Crippen LogP contribution in [-0.2, 0) is 0 Å². The van der Waals surface area contributed by atoms with Gasteiger partial charge in [0.05, 0.1) is 12.7 Å². The van der Waals surface area contributed by atoms with E-state index in [-0.39, 0.29) is 23.0 Å². The minimum Gasteiger partial charge on any atom is -0.507 e. The van der Waals surface area contributed by atoms with E-state index in [1.54, 1.807) is 44.4 Å². The van der Waals surface area contributed by atoms with Crippen molar-refractivity contribution >= 4 is 11.6 Å². The molecule has 5 heteroatoms. The molecular weight excluding hydrogens is 342 g/mol. The molecule has 1 amide bonds. The zero-order valence-corrected chi connectivity index (χ0v) is 15.9. The molecule has 1 unspecified atom stereocenters. The van der Waals surface area contributed by atoms with E-state index in [1.165, 1.54) is 5.57 Å². The molecule has 2 aromatic carbocycles. The summed E-state index contributed by atoms with van der Waals surface area (Å²) in [5.74, 6) is 0.0784. The molecule has 27 heavy (non-hydrogen) atoms. The first-order valence-corrected chi connectivity index (χ1v) is 9.08. The Bertz CT molecular complexity index is 884. The number of ether oxygens (including phenoxy) is 1. The van der Waals surface area contributed by atoms with Crippen LogP contribution >= 0.6 is 0 Å². The van der Waals surface area contributed by atoms with Gasteiger partial charge in [0, 0.05) is 17.2 Å². The molecule has 0 radical (unpaired) electrons. The van der Waals surface area contributed by atoms with E-state index in [1.807, 2.05) is 6.92 Å². The van der Waals surface area contributed by atoms with Gasteiger partial charge in [-0.2, -0.15) is 0 Å². The fourth-order valence-corrected chi connectivity index (χ4v) is 3.66. The molecule has 3 N–H and O–H groups in total. The number of anilines is 1. The van der Waals surface area contributed by atoms with Crippen molar-refractivity contribution in [3.05, 3.63) is 58.7 Å². The Balaban J connectivity index is 1.95. The highest BCUT2D eigenvalue weighted by atomic mass is 16.5. The summed E-state index contributed by atoms with van der Waals surface area (Å²) in [5, 5.41) is 24.1. The molecule has 2 aromatic rings. The molecule has 3 rings (SSSR count). The monoisotopic (exact) mass is 367 g/mol. The summed E-state index contributed by atoms with van der Waals surface area (Å²) in [7, 11) is 1.58. The predicted octanol–water partition coefficient (Wildman–Crippen LogP) is 4.88. The number of nitrogens with one attached hydrogen (secondary N) is 1. The Hall–Kier alpha value is -2.95. The van der Waals surface area contributed by atoms with Crippen molar-refractivity contribution in [1.29, 1.82) is 0 Å². The van der Waals surface area contributed by atoms with E-state index in [9.17, 15) is 15.0 Å².